The molecule has 0 saturated carbocycles. The first-order valence-corrected chi connectivity index (χ1v) is 6.11. The highest BCUT2D eigenvalue weighted by atomic mass is 16.2. The van der Waals surface area contributed by atoms with Crippen molar-refractivity contribution in [2.24, 2.45) is 5.73 Å². The van der Waals surface area contributed by atoms with E-state index in [1.54, 1.807) is 24.3 Å². The van der Waals surface area contributed by atoms with Crippen LogP contribution in [0.5, 0.6) is 0 Å². The SMILES string of the molecule is Nc1cccc(NC(=O)[C@H](N)Cc2ccccc2)c1. The Labute approximate surface area is 112 Å². The fourth-order valence-electron chi connectivity index (χ4n) is 1.81. The quantitative estimate of drug-likeness (QED) is 0.728. The van der Waals surface area contributed by atoms with Crippen LogP contribution in [0.25, 0.3) is 0 Å². The van der Waals surface area contributed by atoms with E-state index in [1.165, 1.54) is 0 Å². The number of nitrogen functional groups attached to an aromatic ring is 1. The van der Waals surface area contributed by atoms with Crippen LogP contribution in [-0.4, -0.2) is 11.9 Å². The summed E-state index contributed by atoms with van der Waals surface area (Å²) in [4.78, 5) is 12.0. The number of amides is 1. The normalized spacial score (nSPS) is 11.8. The fourth-order valence-corrected chi connectivity index (χ4v) is 1.81. The summed E-state index contributed by atoms with van der Waals surface area (Å²) in [5, 5.41) is 2.76. The number of benzene rings is 2. The Hall–Kier alpha value is -2.33. The molecular weight excluding hydrogens is 238 g/mol. The fraction of sp³-hybridized carbons (Fsp3) is 0.133. The van der Waals surface area contributed by atoms with E-state index >= 15 is 0 Å². The number of anilines is 2. The molecule has 0 radical (unpaired) electrons. The van der Waals surface area contributed by atoms with Crippen LogP contribution >= 0.6 is 0 Å². The number of nitrogens with two attached hydrogens (primary N) is 2. The van der Waals surface area contributed by atoms with Gasteiger partial charge in [0.05, 0.1) is 6.04 Å². The number of rotatable bonds is 4. The van der Waals surface area contributed by atoms with Crippen molar-refractivity contribution in [3.63, 3.8) is 0 Å². The molecule has 1 amide bonds. The molecular formula is C15H17N3O. The highest BCUT2D eigenvalue weighted by Crippen LogP contribution is 2.12. The van der Waals surface area contributed by atoms with Gasteiger partial charge in [0.2, 0.25) is 5.91 Å². The molecule has 4 nitrogen and oxygen atoms in total. The van der Waals surface area contributed by atoms with Gasteiger partial charge in [-0.1, -0.05) is 36.4 Å². The third-order valence-corrected chi connectivity index (χ3v) is 2.79. The average molecular weight is 255 g/mol. The van der Waals surface area contributed by atoms with Crippen molar-refractivity contribution in [2.75, 3.05) is 11.1 Å². The summed E-state index contributed by atoms with van der Waals surface area (Å²) in [5.74, 6) is -0.213. The smallest absolute Gasteiger partial charge is 0.241 e. The third kappa shape index (κ3) is 3.82. The molecule has 2 aromatic rings. The van der Waals surface area contributed by atoms with E-state index in [-0.39, 0.29) is 5.91 Å². The molecule has 4 heteroatoms. The second kappa shape index (κ2) is 6.02. The van der Waals surface area contributed by atoms with Gasteiger partial charge in [0, 0.05) is 11.4 Å². The second-order valence-electron chi connectivity index (χ2n) is 4.41. The van der Waals surface area contributed by atoms with E-state index in [0.717, 1.165) is 5.56 Å². The molecule has 0 aliphatic carbocycles. The number of carbonyl (C=O) groups is 1. The summed E-state index contributed by atoms with van der Waals surface area (Å²) in [5.41, 5.74) is 13.8. The van der Waals surface area contributed by atoms with E-state index in [4.69, 9.17) is 11.5 Å². The summed E-state index contributed by atoms with van der Waals surface area (Å²) in [6.07, 6.45) is 0.509. The standard InChI is InChI=1S/C15H17N3O/c16-12-7-4-8-13(10-12)18-15(19)14(17)9-11-5-2-1-3-6-11/h1-8,10,14H,9,16-17H2,(H,18,19)/t14-/m1/s1. The Morgan fingerprint density at radius 2 is 1.84 bits per heavy atom. The van der Waals surface area contributed by atoms with Gasteiger partial charge in [0.25, 0.3) is 0 Å². The van der Waals surface area contributed by atoms with Crippen LogP contribution in [-0.2, 0) is 11.2 Å². The zero-order valence-corrected chi connectivity index (χ0v) is 10.5. The Bertz CT molecular complexity index is 554. The number of hydrogen-bond acceptors (Lipinski definition) is 3. The Morgan fingerprint density at radius 1 is 1.11 bits per heavy atom. The van der Waals surface area contributed by atoms with Crippen LogP contribution in [0, 0.1) is 0 Å². The molecule has 0 spiro atoms. The summed E-state index contributed by atoms with van der Waals surface area (Å²) in [6, 6.07) is 16.1. The van der Waals surface area contributed by atoms with E-state index < -0.39 is 6.04 Å². The van der Waals surface area contributed by atoms with Gasteiger partial charge in [0.1, 0.15) is 0 Å². The molecule has 0 fully saturated rings. The molecule has 0 aromatic heterocycles. The Kier molecular flexibility index (Phi) is 4.15. The van der Waals surface area contributed by atoms with Crippen molar-refractivity contribution < 1.29 is 4.79 Å². The van der Waals surface area contributed by atoms with Crippen LogP contribution in [0.15, 0.2) is 54.6 Å². The predicted octanol–water partition coefficient (Wildman–Crippen LogP) is 1.78. The molecule has 0 bridgehead atoms. The van der Waals surface area contributed by atoms with Crippen LogP contribution in [0.1, 0.15) is 5.56 Å². The number of nitrogens with one attached hydrogen (secondary N) is 1. The topological polar surface area (TPSA) is 81.1 Å². The zero-order chi connectivity index (χ0) is 13.7. The number of hydrogen-bond donors (Lipinski definition) is 3. The van der Waals surface area contributed by atoms with Gasteiger partial charge in [-0.15, -0.1) is 0 Å². The van der Waals surface area contributed by atoms with E-state index in [0.29, 0.717) is 17.8 Å². The molecule has 0 heterocycles. The summed E-state index contributed by atoms with van der Waals surface area (Å²) >= 11 is 0. The molecule has 0 aliphatic heterocycles. The van der Waals surface area contributed by atoms with Crippen molar-refractivity contribution in [3.05, 3.63) is 60.2 Å². The molecule has 98 valence electrons. The highest BCUT2D eigenvalue weighted by Gasteiger charge is 2.14. The monoisotopic (exact) mass is 255 g/mol. The largest absolute Gasteiger partial charge is 0.399 e. The van der Waals surface area contributed by atoms with Gasteiger partial charge < -0.3 is 16.8 Å². The van der Waals surface area contributed by atoms with Crippen molar-refractivity contribution in [3.8, 4) is 0 Å². The van der Waals surface area contributed by atoms with Crippen LogP contribution in [0.2, 0.25) is 0 Å². The highest BCUT2D eigenvalue weighted by molar-refractivity contribution is 5.95. The lowest BCUT2D eigenvalue weighted by molar-refractivity contribution is -0.117. The molecule has 2 rings (SSSR count). The summed E-state index contributed by atoms with van der Waals surface area (Å²) in [6.45, 7) is 0. The lowest BCUT2D eigenvalue weighted by Crippen LogP contribution is -2.37. The molecule has 0 unspecified atom stereocenters. The van der Waals surface area contributed by atoms with Gasteiger partial charge in [0.15, 0.2) is 0 Å². The molecule has 1 atom stereocenters. The minimum absolute atomic E-state index is 0.213. The first-order valence-electron chi connectivity index (χ1n) is 6.11. The Morgan fingerprint density at radius 3 is 2.53 bits per heavy atom. The minimum atomic E-state index is -0.580. The third-order valence-electron chi connectivity index (χ3n) is 2.79. The van der Waals surface area contributed by atoms with Crippen molar-refractivity contribution in [2.45, 2.75) is 12.5 Å². The summed E-state index contributed by atoms with van der Waals surface area (Å²) in [7, 11) is 0. The van der Waals surface area contributed by atoms with E-state index in [2.05, 4.69) is 5.32 Å². The first-order chi connectivity index (χ1) is 9.15. The first kappa shape index (κ1) is 13.1. The zero-order valence-electron chi connectivity index (χ0n) is 10.5. The molecule has 19 heavy (non-hydrogen) atoms. The average Bonchev–Trinajstić information content (AvgIpc) is 2.40. The van der Waals surface area contributed by atoms with Crippen LogP contribution in [0.3, 0.4) is 0 Å². The van der Waals surface area contributed by atoms with Gasteiger partial charge in [-0.25, -0.2) is 0 Å². The van der Waals surface area contributed by atoms with Crippen LogP contribution in [0.4, 0.5) is 11.4 Å². The van der Waals surface area contributed by atoms with Gasteiger partial charge >= 0.3 is 0 Å². The van der Waals surface area contributed by atoms with Crippen molar-refractivity contribution >= 4 is 17.3 Å². The van der Waals surface area contributed by atoms with Gasteiger partial charge in [-0.2, -0.15) is 0 Å². The van der Waals surface area contributed by atoms with E-state index in [9.17, 15) is 4.79 Å². The molecule has 0 aliphatic rings. The van der Waals surface area contributed by atoms with Crippen molar-refractivity contribution in [1.29, 1.82) is 0 Å². The second-order valence-corrected chi connectivity index (χ2v) is 4.41. The lowest BCUT2D eigenvalue weighted by atomic mass is 10.1. The maximum Gasteiger partial charge on any atom is 0.241 e. The Balaban J connectivity index is 1.96. The predicted molar refractivity (Wildman–Crippen MR) is 77.6 cm³/mol. The number of carbonyl (C=O) groups excluding carboxylic acids is 1. The van der Waals surface area contributed by atoms with Crippen LogP contribution < -0.4 is 16.8 Å². The van der Waals surface area contributed by atoms with E-state index in [1.807, 2.05) is 30.3 Å². The van der Waals surface area contributed by atoms with Crippen molar-refractivity contribution in [1.82, 2.24) is 0 Å². The summed E-state index contributed by atoms with van der Waals surface area (Å²) < 4.78 is 0. The molecule has 5 N–H and O–H groups in total. The molecule has 2 aromatic carbocycles. The molecule has 0 saturated heterocycles. The minimum Gasteiger partial charge on any atom is -0.399 e. The van der Waals surface area contributed by atoms with Gasteiger partial charge in [-0.05, 0) is 30.2 Å². The maximum atomic E-state index is 12.0. The maximum absolute atomic E-state index is 12.0. The van der Waals surface area contributed by atoms with Gasteiger partial charge in [-0.3, -0.25) is 4.79 Å². The lowest BCUT2D eigenvalue weighted by Gasteiger charge is -2.12.